The summed E-state index contributed by atoms with van der Waals surface area (Å²) < 4.78 is 22.3. The Morgan fingerprint density at radius 1 is 0.833 bits per heavy atom. The van der Waals surface area contributed by atoms with E-state index in [1.54, 1.807) is 24.3 Å². The van der Waals surface area contributed by atoms with Crippen molar-refractivity contribution < 1.29 is 22.8 Å². The van der Waals surface area contributed by atoms with E-state index in [0.29, 0.717) is 18.1 Å². The van der Waals surface area contributed by atoms with E-state index in [-0.39, 0.29) is 5.41 Å². The molecule has 2 aromatic rings. The van der Waals surface area contributed by atoms with Gasteiger partial charge in [-0.25, -0.2) is 4.31 Å². The van der Waals surface area contributed by atoms with Gasteiger partial charge in [-0.2, -0.15) is 0 Å². The van der Waals surface area contributed by atoms with Crippen molar-refractivity contribution in [1.82, 2.24) is 0 Å². The van der Waals surface area contributed by atoms with E-state index in [0.717, 1.165) is 0 Å². The lowest BCUT2D eigenvalue weighted by molar-refractivity contribution is 0.172. The van der Waals surface area contributed by atoms with Crippen LogP contribution in [0.25, 0.3) is 0 Å². The Bertz CT molecular complexity index is 547. The Labute approximate surface area is 145 Å². The highest BCUT2D eigenvalue weighted by atomic mass is 31.2. The van der Waals surface area contributed by atoms with Crippen molar-refractivity contribution in [2.75, 3.05) is 6.61 Å². The van der Waals surface area contributed by atoms with Crippen LogP contribution in [0.1, 0.15) is 20.8 Å². The molecule has 1 N–H and O–H groups in total. The van der Waals surface area contributed by atoms with Crippen LogP contribution in [0.15, 0.2) is 60.7 Å². The van der Waals surface area contributed by atoms with Gasteiger partial charge in [-0.15, -0.1) is 0 Å². The summed E-state index contributed by atoms with van der Waals surface area (Å²) >= 11 is 0. The summed E-state index contributed by atoms with van der Waals surface area (Å²) in [5.41, 5.74) is -0.0734. The first-order chi connectivity index (χ1) is 11.4. The quantitative estimate of drug-likeness (QED) is 0.609. The van der Waals surface area contributed by atoms with E-state index in [9.17, 15) is 4.89 Å². The highest BCUT2D eigenvalue weighted by Crippen LogP contribution is 2.53. The Morgan fingerprint density at radius 3 is 1.71 bits per heavy atom. The predicted octanol–water partition coefficient (Wildman–Crippen LogP) is 5.67. The summed E-state index contributed by atoms with van der Waals surface area (Å²) in [6, 6.07) is 18.4. The standard InChI is InChI=1S/C17H22O5P2/c1-17(2,3)14-19-23(18)22-24(20-15-10-6-4-7-11-15)21-16-12-8-5-9-13-16/h4-13,18H,14H2,1-3H3. The normalized spacial score (nSPS) is 12.9. The summed E-state index contributed by atoms with van der Waals surface area (Å²) in [4.78, 5) is 10.0. The molecular weight excluding hydrogens is 346 g/mol. The second-order valence-corrected chi connectivity index (χ2v) is 8.39. The molecule has 0 aliphatic rings. The van der Waals surface area contributed by atoms with Gasteiger partial charge in [0.2, 0.25) is 0 Å². The Hall–Kier alpha value is -1.22. The highest BCUT2D eigenvalue weighted by molar-refractivity contribution is 7.55. The fraction of sp³-hybridized carbons (Fsp3) is 0.294. The van der Waals surface area contributed by atoms with Crippen molar-refractivity contribution in [3.05, 3.63) is 60.7 Å². The lowest BCUT2D eigenvalue weighted by Gasteiger charge is -2.22. The maximum absolute atomic E-state index is 10.0. The zero-order chi connectivity index (χ0) is 17.4. The van der Waals surface area contributed by atoms with E-state index in [1.165, 1.54) is 0 Å². The molecule has 130 valence electrons. The summed E-state index contributed by atoms with van der Waals surface area (Å²) in [6.45, 7) is 6.41. The lowest BCUT2D eigenvalue weighted by atomic mass is 9.99. The lowest BCUT2D eigenvalue weighted by Crippen LogP contribution is -2.13. The van der Waals surface area contributed by atoms with Gasteiger partial charge in [0.1, 0.15) is 11.5 Å². The number of hydrogen-bond donors (Lipinski definition) is 1. The first kappa shape index (κ1) is 19.1. The third-order valence-corrected chi connectivity index (χ3v) is 4.75. The van der Waals surface area contributed by atoms with Crippen molar-refractivity contribution in [2.45, 2.75) is 20.8 Å². The van der Waals surface area contributed by atoms with Crippen LogP contribution in [0.3, 0.4) is 0 Å². The van der Waals surface area contributed by atoms with Gasteiger partial charge in [0.05, 0.1) is 6.61 Å². The van der Waals surface area contributed by atoms with E-state index in [2.05, 4.69) is 0 Å². The van der Waals surface area contributed by atoms with Gasteiger partial charge in [-0.1, -0.05) is 57.2 Å². The maximum atomic E-state index is 10.0. The van der Waals surface area contributed by atoms with Crippen molar-refractivity contribution in [3.63, 3.8) is 0 Å². The molecule has 0 radical (unpaired) electrons. The Balaban J connectivity index is 1.99. The number of para-hydroxylation sites is 2. The smallest absolute Gasteiger partial charge is 0.418 e. The zero-order valence-corrected chi connectivity index (χ0v) is 15.7. The highest BCUT2D eigenvalue weighted by Gasteiger charge is 2.25. The van der Waals surface area contributed by atoms with E-state index >= 15 is 0 Å². The van der Waals surface area contributed by atoms with Gasteiger partial charge in [0.25, 0.3) is 0 Å². The molecule has 0 amide bonds. The van der Waals surface area contributed by atoms with Gasteiger partial charge >= 0.3 is 17.2 Å². The molecule has 0 aromatic heterocycles. The van der Waals surface area contributed by atoms with Crippen LogP contribution < -0.4 is 9.05 Å². The minimum absolute atomic E-state index is 0.0734. The minimum Gasteiger partial charge on any atom is -0.418 e. The fourth-order valence-electron chi connectivity index (χ4n) is 1.52. The maximum Gasteiger partial charge on any atom is 0.470 e. The van der Waals surface area contributed by atoms with Gasteiger partial charge in [0.15, 0.2) is 0 Å². The third kappa shape index (κ3) is 7.57. The van der Waals surface area contributed by atoms with Gasteiger partial charge in [-0.05, 0) is 29.7 Å². The molecular formula is C17H22O5P2. The van der Waals surface area contributed by atoms with E-state index in [4.69, 9.17) is 17.9 Å². The molecule has 0 aliphatic heterocycles. The summed E-state index contributed by atoms with van der Waals surface area (Å²) in [7, 11) is -3.94. The van der Waals surface area contributed by atoms with Crippen LogP contribution in [0, 0.1) is 5.41 Å². The molecule has 0 saturated carbocycles. The molecule has 0 spiro atoms. The van der Waals surface area contributed by atoms with Crippen molar-refractivity contribution in [1.29, 1.82) is 0 Å². The van der Waals surface area contributed by atoms with E-state index in [1.807, 2.05) is 57.2 Å². The van der Waals surface area contributed by atoms with Crippen LogP contribution in [-0.2, 0) is 8.83 Å². The SMILES string of the molecule is CC(C)(C)COP(O)OP(Oc1ccccc1)Oc1ccccc1. The molecule has 2 aromatic carbocycles. The van der Waals surface area contributed by atoms with E-state index < -0.39 is 17.2 Å². The third-order valence-electron chi connectivity index (χ3n) is 2.59. The van der Waals surface area contributed by atoms with Gasteiger partial charge < -0.3 is 18.5 Å². The molecule has 24 heavy (non-hydrogen) atoms. The first-order valence-corrected chi connectivity index (χ1v) is 9.71. The first-order valence-electron chi connectivity index (χ1n) is 7.48. The van der Waals surface area contributed by atoms with Gasteiger partial charge in [0, 0.05) is 0 Å². The largest absolute Gasteiger partial charge is 0.470 e. The van der Waals surface area contributed by atoms with Crippen molar-refractivity contribution >= 4 is 17.2 Å². The predicted molar refractivity (Wildman–Crippen MR) is 96.7 cm³/mol. The molecule has 0 heterocycles. The summed E-state index contributed by atoms with van der Waals surface area (Å²) in [5, 5.41) is 0. The zero-order valence-electron chi connectivity index (χ0n) is 14.0. The topological polar surface area (TPSA) is 57.2 Å². The van der Waals surface area contributed by atoms with Crippen molar-refractivity contribution in [2.24, 2.45) is 5.41 Å². The Kier molecular flexibility index (Phi) is 7.41. The van der Waals surface area contributed by atoms with Crippen LogP contribution in [-0.4, -0.2) is 11.5 Å². The fourth-order valence-corrected chi connectivity index (χ4v) is 3.55. The number of hydrogen-bond acceptors (Lipinski definition) is 5. The summed E-state index contributed by atoms with van der Waals surface area (Å²) in [6.07, 6.45) is 0. The molecule has 5 nitrogen and oxygen atoms in total. The molecule has 0 saturated heterocycles. The van der Waals surface area contributed by atoms with Crippen LogP contribution >= 0.6 is 17.2 Å². The van der Waals surface area contributed by atoms with Gasteiger partial charge in [-0.3, -0.25) is 0 Å². The minimum atomic E-state index is -2.10. The average Bonchev–Trinajstić information content (AvgIpc) is 2.54. The number of benzene rings is 2. The second-order valence-electron chi connectivity index (χ2n) is 6.19. The molecule has 1 unspecified atom stereocenters. The Morgan fingerprint density at radius 2 is 1.29 bits per heavy atom. The monoisotopic (exact) mass is 368 g/mol. The van der Waals surface area contributed by atoms with Crippen LogP contribution in [0.4, 0.5) is 0 Å². The summed E-state index contributed by atoms with van der Waals surface area (Å²) in [5.74, 6) is 1.19. The molecule has 1 atom stereocenters. The van der Waals surface area contributed by atoms with Crippen molar-refractivity contribution in [3.8, 4) is 11.5 Å². The molecule has 0 fully saturated rings. The second kappa shape index (κ2) is 9.31. The molecule has 0 bridgehead atoms. The van der Waals surface area contributed by atoms with Crippen LogP contribution in [0.5, 0.6) is 11.5 Å². The molecule has 7 heteroatoms. The number of rotatable bonds is 8. The van der Waals surface area contributed by atoms with Crippen LogP contribution in [0.2, 0.25) is 0 Å². The molecule has 0 aliphatic carbocycles. The molecule has 2 rings (SSSR count). The average molecular weight is 368 g/mol.